The summed E-state index contributed by atoms with van der Waals surface area (Å²) in [7, 11) is 0. The summed E-state index contributed by atoms with van der Waals surface area (Å²) in [4.78, 5) is 37.8. The number of hydrogen-bond acceptors (Lipinski definition) is 6. The van der Waals surface area contributed by atoms with Crippen molar-refractivity contribution < 1.29 is 28.6 Å². The first-order valence-electron chi connectivity index (χ1n) is 24.3. The van der Waals surface area contributed by atoms with Crippen LogP contribution < -0.4 is 0 Å². The number of hydrogen-bond donors (Lipinski definition) is 0. The van der Waals surface area contributed by atoms with Crippen LogP contribution in [0.1, 0.15) is 207 Å². The number of ether oxygens (including phenoxy) is 3. The van der Waals surface area contributed by atoms with E-state index in [1.807, 2.05) is 0 Å². The zero-order valence-corrected chi connectivity index (χ0v) is 38.7. The minimum Gasteiger partial charge on any atom is -0.462 e. The summed E-state index contributed by atoms with van der Waals surface area (Å²) in [6.45, 7) is 6.36. The Morgan fingerprint density at radius 2 is 0.717 bits per heavy atom. The zero-order chi connectivity index (χ0) is 43.7. The van der Waals surface area contributed by atoms with Gasteiger partial charge in [-0.3, -0.25) is 14.4 Å². The van der Waals surface area contributed by atoms with Gasteiger partial charge in [-0.25, -0.2) is 0 Å². The Hall–Kier alpha value is -3.67. The van der Waals surface area contributed by atoms with E-state index in [-0.39, 0.29) is 31.1 Å². The molecular weight excluding hydrogens is 745 g/mol. The maximum absolute atomic E-state index is 12.8. The van der Waals surface area contributed by atoms with Gasteiger partial charge in [0.1, 0.15) is 13.2 Å². The molecule has 0 aliphatic rings. The molecule has 0 aromatic carbocycles. The van der Waals surface area contributed by atoms with Crippen LogP contribution in [0.5, 0.6) is 0 Å². The second-order valence-corrected chi connectivity index (χ2v) is 15.7. The van der Waals surface area contributed by atoms with Gasteiger partial charge in [-0.05, 0) is 103 Å². The minimum absolute atomic E-state index is 0.108. The largest absolute Gasteiger partial charge is 0.462 e. The maximum Gasteiger partial charge on any atom is 0.306 e. The van der Waals surface area contributed by atoms with Gasteiger partial charge in [0.2, 0.25) is 0 Å². The lowest BCUT2D eigenvalue weighted by Gasteiger charge is -2.18. The predicted molar refractivity (Wildman–Crippen MR) is 256 cm³/mol. The molecule has 0 rings (SSSR count). The quantitative estimate of drug-likeness (QED) is 0.0200. The highest BCUT2D eigenvalue weighted by molar-refractivity contribution is 5.71. The molecule has 6 nitrogen and oxygen atoms in total. The van der Waals surface area contributed by atoms with Gasteiger partial charge < -0.3 is 14.2 Å². The molecule has 0 saturated heterocycles. The SMILES string of the molecule is CC/C=C\C/C=C\C/C=C\C/C=C\CCCCCC(=O)OCC(COC(=O)CCCCC/C=C\C=C/CCCC)OC(=O)CCCCCCCC/C=C\C=C/CCCCC. The van der Waals surface area contributed by atoms with Gasteiger partial charge in [-0.2, -0.15) is 0 Å². The van der Waals surface area contributed by atoms with E-state index in [9.17, 15) is 14.4 Å². The molecule has 0 aromatic heterocycles. The Balaban J connectivity index is 4.50. The summed E-state index contributed by atoms with van der Waals surface area (Å²) in [5.41, 5.74) is 0. The molecule has 340 valence electrons. The number of carbonyl (C=O) groups is 3. The highest BCUT2D eigenvalue weighted by Gasteiger charge is 2.19. The third-order valence-electron chi connectivity index (χ3n) is 9.85. The molecule has 1 atom stereocenters. The Labute approximate surface area is 368 Å². The van der Waals surface area contributed by atoms with Crippen molar-refractivity contribution in [1.29, 1.82) is 0 Å². The lowest BCUT2D eigenvalue weighted by Crippen LogP contribution is -2.30. The molecule has 0 bridgehead atoms. The van der Waals surface area contributed by atoms with Crippen molar-refractivity contribution in [2.45, 2.75) is 213 Å². The van der Waals surface area contributed by atoms with Gasteiger partial charge in [0, 0.05) is 19.3 Å². The average Bonchev–Trinajstić information content (AvgIpc) is 3.24. The Morgan fingerprint density at radius 3 is 1.18 bits per heavy atom. The smallest absolute Gasteiger partial charge is 0.306 e. The fourth-order valence-corrected chi connectivity index (χ4v) is 6.16. The fraction of sp³-hybridized carbons (Fsp3) is 0.648. The van der Waals surface area contributed by atoms with Crippen molar-refractivity contribution in [3.63, 3.8) is 0 Å². The van der Waals surface area contributed by atoms with E-state index in [4.69, 9.17) is 14.2 Å². The molecule has 6 heteroatoms. The summed E-state index contributed by atoms with van der Waals surface area (Å²) < 4.78 is 16.7. The summed E-state index contributed by atoms with van der Waals surface area (Å²) in [5, 5.41) is 0. The van der Waals surface area contributed by atoms with E-state index in [2.05, 4.69) is 118 Å². The molecule has 0 amide bonds. The summed E-state index contributed by atoms with van der Waals surface area (Å²) in [6, 6.07) is 0. The third-order valence-corrected chi connectivity index (χ3v) is 9.85. The van der Waals surface area contributed by atoms with E-state index in [0.717, 1.165) is 116 Å². The first kappa shape index (κ1) is 56.3. The Morgan fingerprint density at radius 1 is 0.367 bits per heavy atom. The van der Waals surface area contributed by atoms with E-state index in [1.165, 1.54) is 51.4 Å². The normalized spacial score (nSPS) is 12.9. The van der Waals surface area contributed by atoms with Gasteiger partial charge in [0.05, 0.1) is 0 Å². The molecule has 60 heavy (non-hydrogen) atoms. The van der Waals surface area contributed by atoms with Crippen molar-refractivity contribution in [2.75, 3.05) is 13.2 Å². The lowest BCUT2D eigenvalue weighted by atomic mass is 10.1. The molecule has 0 saturated carbocycles. The van der Waals surface area contributed by atoms with Gasteiger partial charge in [0.25, 0.3) is 0 Å². The van der Waals surface area contributed by atoms with Crippen LogP contribution in [-0.4, -0.2) is 37.2 Å². The molecule has 0 aliphatic heterocycles. The van der Waals surface area contributed by atoms with Crippen LogP contribution in [0.2, 0.25) is 0 Å². The molecule has 0 aromatic rings. The minimum atomic E-state index is -0.807. The summed E-state index contributed by atoms with van der Waals surface area (Å²) >= 11 is 0. The van der Waals surface area contributed by atoms with E-state index in [1.54, 1.807) is 0 Å². The number of rotatable bonds is 42. The first-order valence-corrected chi connectivity index (χ1v) is 24.3. The second kappa shape index (κ2) is 48.0. The van der Waals surface area contributed by atoms with Crippen molar-refractivity contribution in [2.24, 2.45) is 0 Å². The van der Waals surface area contributed by atoms with Crippen LogP contribution in [0.4, 0.5) is 0 Å². The molecule has 0 spiro atoms. The first-order chi connectivity index (χ1) is 29.5. The Kier molecular flexibility index (Phi) is 45.1. The van der Waals surface area contributed by atoms with Crippen LogP contribution in [-0.2, 0) is 28.6 Å². The number of carbonyl (C=O) groups excluding carboxylic acids is 3. The van der Waals surface area contributed by atoms with Crippen LogP contribution in [0.15, 0.2) is 97.2 Å². The summed E-state index contributed by atoms with van der Waals surface area (Å²) in [6.07, 6.45) is 62.4. The predicted octanol–water partition coefficient (Wildman–Crippen LogP) is 15.8. The van der Waals surface area contributed by atoms with E-state index in [0.29, 0.717) is 19.3 Å². The average molecular weight is 833 g/mol. The number of allylic oxidation sites excluding steroid dienone is 16. The molecule has 0 fully saturated rings. The number of unbranched alkanes of at least 4 members (excludes halogenated alkanes) is 17. The fourth-order valence-electron chi connectivity index (χ4n) is 6.16. The lowest BCUT2D eigenvalue weighted by molar-refractivity contribution is -0.167. The monoisotopic (exact) mass is 833 g/mol. The van der Waals surface area contributed by atoms with E-state index >= 15 is 0 Å². The maximum atomic E-state index is 12.8. The number of esters is 3. The molecular formula is C54H88O6. The van der Waals surface area contributed by atoms with Gasteiger partial charge >= 0.3 is 17.9 Å². The van der Waals surface area contributed by atoms with Crippen LogP contribution in [0.3, 0.4) is 0 Å². The molecule has 0 N–H and O–H groups in total. The second-order valence-electron chi connectivity index (χ2n) is 15.7. The molecule has 0 heterocycles. The molecule has 0 aliphatic carbocycles. The van der Waals surface area contributed by atoms with Gasteiger partial charge in [0.15, 0.2) is 6.10 Å². The van der Waals surface area contributed by atoms with Crippen molar-refractivity contribution in [1.82, 2.24) is 0 Å². The summed E-state index contributed by atoms with van der Waals surface area (Å²) in [5.74, 6) is -0.984. The molecule has 0 radical (unpaired) electrons. The van der Waals surface area contributed by atoms with Crippen LogP contribution >= 0.6 is 0 Å². The van der Waals surface area contributed by atoms with Crippen molar-refractivity contribution >= 4 is 17.9 Å². The highest BCUT2D eigenvalue weighted by atomic mass is 16.6. The van der Waals surface area contributed by atoms with E-state index < -0.39 is 6.10 Å². The van der Waals surface area contributed by atoms with Crippen LogP contribution in [0.25, 0.3) is 0 Å². The zero-order valence-electron chi connectivity index (χ0n) is 38.7. The Bertz CT molecular complexity index is 1230. The third kappa shape index (κ3) is 45.4. The van der Waals surface area contributed by atoms with Crippen molar-refractivity contribution in [3.8, 4) is 0 Å². The standard InChI is InChI=1S/C54H88O6/c1-4-7-10-13-16-19-22-24-26-28-29-32-35-38-41-44-47-53(56)59-50-51(49-58-52(55)46-43-40-37-34-31-21-18-15-12-9-6-3)60-54(57)48-45-42-39-36-33-30-27-25-23-20-17-14-11-8-5-2/h7,10,15-21,23-26,29,31-32,51H,4-6,8-9,11-14,22,27-28,30,33-50H2,1-3H3/b10-7-,18-15-,19-16-,20-17-,25-23-,26-24-,31-21-,32-29-. The van der Waals surface area contributed by atoms with Crippen LogP contribution in [0, 0.1) is 0 Å². The molecule has 1 unspecified atom stereocenters. The highest BCUT2D eigenvalue weighted by Crippen LogP contribution is 2.12. The van der Waals surface area contributed by atoms with Crippen molar-refractivity contribution in [3.05, 3.63) is 97.2 Å². The topological polar surface area (TPSA) is 78.9 Å². The van der Waals surface area contributed by atoms with Gasteiger partial charge in [-0.1, -0.05) is 182 Å². The van der Waals surface area contributed by atoms with Gasteiger partial charge in [-0.15, -0.1) is 0 Å².